The van der Waals surface area contributed by atoms with Gasteiger partial charge in [0.25, 0.3) is 0 Å². The Bertz CT molecular complexity index is 1100. The summed E-state index contributed by atoms with van der Waals surface area (Å²) in [4.78, 5) is 15.4. The summed E-state index contributed by atoms with van der Waals surface area (Å²) in [7, 11) is 1.53. The molecule has 5 nitrogen and oxygen atoms in total. The van der Waals surface area contributed by atoms with Crippen molar-refractivity contribution in [2.24, 2.45) is 4.99 Å². The van der Waals surface area contributed by atoms with E-state index in [2.05, 4.69) is 4.99 Å². The van der Waals surface area contributed by atoms with E-state index in [1.54, 1.807) is 36.5 Å². The summed E-state index contributed by atoms with van der Waals surface area (Å²) in [5, 5.41) is 10.0. The second kappa shape index (κ2) is 9.65. The van der Waals surface area contributed by atoms with Crippen molar-refractivity contribution in [2.45, 2.75) is 13.5 Å². The zero-order valence-electron chi connectivity index (χ0n) is 16.4. The first-order valence-electron chi connectivity index (χ1n) is 9.00. The van der Waals surface area contributed by atoms with Crippen molar-refractivity contribution in [3.05, 3.63) is 86.9 Å². The Balaban J connectivity index is 1.77. The molecule has 0 aliphatic heterocycles. The van der Waals surface area contributed by atoms with Crippen LogP contribution in [-0.2, 0) is 6.61 Å². The summed E-state index contributed by atoms with van der Waals surface area (Å²) in [5.41, 5.74) is 3.48. The number of aliphatic imine (C=N–C) groups is 1. The second-order valence-electron chi connectivity index (χ2n) is 6.52. The van der Waals surface area contributed by atoms with Gasteiger partial charge in [-0.25, -0.2) is 4.79 Å². The summed E-state index contributed by atoms with van der Waals surface area (Å²) in [5.74, 6) is -0.109. The van der Waals surface area contributed by atoms with E-state index >= 15 is 0 Å². The summed E-state index contributed by atoms with van der Waals surface area (Å²) in [6.07, 6.45) is 1.67. The van der Waals surface area contributed by atoms with Crippen LogP contribution in [0.2, 0.25) is 10.0 Å². The van der Waals surface area contributed by atoms with E-state index in [0.29, 0.717) is 21.5 Å². The zero-order chi connectivity index (χ0) is 21.7. The molecule has 0 saturated heterocycles. The Morgan fingerprint density at radius 2 is 1.80 bits per heavy atom. The smallest absolute Gasteiger partial charge is 0.335 e. The van der Waals surface area contributed by atoms with Crippen molar-refractivity contribution in [2.75, 3.05) is 7.11 Å². The van der Waals surface area contributed by atoms with Gasteiger partial charge in [0.05, 0.1) is 23.4 Å². The number of aryl methyl sites for hydroxylation is 1. The van der Waals surface area contributed by atoms with Gasteiger partial charge in [-0.2, -0.15) is 0 Å². The van der Waals surface area contributed by atoms with Gasteiger partial charge in [0, 0.05) is 11.2 Å². The van der Waals surface area contributed by atoms with Crippen LogP contribution in [0.1, 0.15) is 27.0 Å². The van der Waals surface area contributed by atoms with Gasteiger partial charge in [-0.3, -0.25) is 4.99 Å². The predicted molar refractivity (Wildman–Crippen MR) is 119 cm³/mol. The molecule has 3 aromatic rings. The van der Waals surface area contributed by atoms with Gasteiger partial charge >= 0.3 is 5.97 Å². The van der Waals surface area contributed by atoms with Gasteiger partial charge in [0.2, 0.25) is 0 Å². The Morgan fingerprint density at radius 1 is 1.07 bits per heavy atom. The van der Waals surface area contributed by atoms with Crippen molar-refractivity contribution in [1.29, 1.82) is 0 Å². The number of hydrogen-bond donors (Lipinski definition) is 1. The van der Waals surface area contributed by atoms with Crippen molar-refractivity contribution in [3.8, 4) is 11.5 Å². The maximum atomic E-state index is 10.9. The van der Waals surface area contributed by atoms with E-state index < -0.39 is 5.97 Å². The average Bonchev–Trinajstić information content (AvgIpc) is 2.73. The molecule has 0 radical (unpaired) electrons. The fraction of sp³-hybridized carbons (Fsp3) is 0.130. The van der Waals surface area contributed by atoms with Gasteiger partial charge in [0.1, 0.15) is 6.61 Å². The van der Waals surface area contributed by atoms with Crippen molar-refractivity contribution in [3.63, 3.8) is 0 Å². The van der Waals surface area contributed by atoms with Crippen LogP contribution in [0, 0.1) is 6.92 Å². The molecule has 3 aromatic carbocycles. The number of ether oxygens (including phenoxy) is 2. The van der Waals surface area contributed by atoms with Crippen molar-refractivity contribution >= 4 is 41.1 Å². The van der Waals surface area contributed by atoms with Gasteiger partial charge in [-0.1, -0.05) is 41.4 Å². The molecule has 0 spiro atoms. The monoisotopic (exact) mass is 443 g/mol. The van der Waals surface area contributed by atoms with Gasteiger partial charge < -0.3 is 14.6 Å². The summed E-state index contributed by atoms with van der Waals surface area (Å²) in [6.45, 7) is 2.14. The average molecular weight is 444 g/mol. The summed E-state index contributed by atoms with van der Waals surface area (Å²) in [6, 6.07) is 15.5. The number of halogens is 2. The lowest BCUT2D eigenvalue weighted by atomic mass is 10.1. The number of hydrogen-bond acceptors (Lipinski definition) is 4. The molecular weight excluding hydrogens is 425 g/mol. The highest BCUT2D eigenvalue weighted by Crippen LogP contribution is 2.36. The Hall–Kier alpha value is -3.02. The van der Waals surface area contributed by atoms with Crippen LogP contribution < -0.4 is 9.47 Å². The minimum Gasteiger partial charge on any atom is -0.493 e. The Labute approximate surface area is 184 Å². The van der Waals surface area contributed by atoms with E-state index in [4.69, 9.17) is 37.8 Å². The molecule has 0 fully saturated rings. The number of carbonyl (C=O) groups is 1. The quantitative estimate of drug-likeness (QED) is 0.432. The number of nitrogens with zero attached hydrogens (tertiary/aromatic N) is 1. The molecule has 0 unspecified atom stereocenters. The summed E-state index contributed by atoms with van der Waals surface area (Å²) < 4.78 is 11.2. The highest BCUT2D eigenvalue weighted by Gasteiger charge is 2.12. The van der Waals surface area contributed by atoms with E-state index in [-0.39, 0.29) is 12.2 Å². The van der Waals surface area contributed by atoms with E-state index in [0.717, 1.165) is 22.4 Å². The van der Waals surface area contributed by atoms with Crippen LogP contribution in [-0.4, -0.2) is 24.4 Å². The maximum absolute atomic E-state index is 10.9. The summed E-state index contributed by atoms with van der Waals surface area (Å²) >= 11 is 12.5. The third-order valence-electron chi connectivity index (χ3n) is 4.35. The van der Waals surface area contributed by atoms with Gasteiger partial charge in [0.15, 0.2) is 11.5 Å². The molecule has 1 N–H and O–H groups in total. The molecule has 3 rings (SSSR count). The van der Waals surface area contributed by atoms with Crippen LogP contribution in [0.15, 0.2) is 59.6 Å². The number of benzene rings is 3. The molecule has 0 saturated carbocycles. The maximum Gasteiger partial charge on any atom is 0.335 e. The number of rotatable bonds is 7. The second-order valence-corrected chi connectivity index (χ2v) is 7.33. The lowest BCUT2D eigenvalue weighted by Crippen LogP contribution is -2.01. The van der Waals surface area contributed by atoms with E-state index in [1.807, 2.05) is 19.1 Å². The molecule has 0 aliphatic carbocycles. The highest BCUT2D eigenvalue weighted by molar-refractivity contribution is 6.32. The third-order valence-corrected chi connectivity index (χ3v) is 5.04. The van der Waals surface area contributed by atoms with Crippen LogP contribution in [0.4, 0.5) is 5.69 Å². The Kier molecular flexibility index (Phi) is 6.98. The zero-order valence-corrected chi connectivity index (χ0v) is 17.9. The topological polar surface area (TPSA) is 68.1 Å². The van der Waals surface area contributed by atoms with E-state index in [9.17, 15) is 4.79 Å². The minimum atomic E-state index is -0.975. The molecule has 30 heavy (non-hydrogen) atoms. The molecule has 0 atom stereocenters. The van der Waals surface area contributed by atoms with Crippen LogP contribution in [0.3, 0.4) is 0 Å². The van der Waals surface area contributed by atoms with Crippen molar-refractivity contribution in [1.82, 2.24) is 0 Å². The molecule has 7 heteroatoms. The normalized spacial score (nSPS) is 10.9. The van der Waals surface area contributed by atoms with Crippen LogP contribution >= 0.6 is 23.2 Å². The Morgan fingerprint density at radius 3 is 2.43 bits per heavy atom. The standard InChI is InChI=1S/C23H19Cl2NO4/c1-14-3-8-18(11-19(14)24)26-12-16-9-20(25)22(21(10-16)29-2)30-13-15-4-6-17(7-5-15)23(27)28/h3-12H,13H2,1-2H3,(H,27,28). The van der Waals surface area contributed by atoms with Crippen molar-refractivity contribution < 1.29 is 19.4 Å². The SMILES string of the molecule is COc1cc(C=Nc2ccc(C)c(Cl)c2)cc(Cl)c1OCc1ccc(C(=O)O)cc1. The molecule has 0 bridgehead atoms. The van der Waals surface area contributed by atoms with Crippen LogP contribution in [0.5, 0.6) is 11.5 Å². The lowest BCUT2D eigenvalue weighted by Gasteiger charge is -2.13. The highest BCUT2D eigenvalue weighted by atomic mass is 35.5. The number of aromatic carboxylic acids is 1. The molecule has 0 aliphatic rings. The minimum absolute atomic E-state index is 0.214. The first-order valence-corrected chi connectivity index (χ1v) is 9.75. The third kappa shape index (κ3) is 5.32. The van der Waals surface area contributed by atoms with Gasteiger partial charge in [-0.15, -0.1) is 0 Å². The lowest BCUT2D eigenvalue weighted by molar-refractivity contribution is 0.0697. The largest absolute Gasteiger partial charge is 0.493 e. The fourth-order valence-electron chi connectivity index (χ4n) is 2.66. The molecule has 154 valence electrons. The molecule has 0 aromatic heterocycles. The number of methoxy groups -OCH3 is 1. The van der Waals surface area contributed by atoms with E-state index in [1.165, 1.54) is 19.2 Å². The molecule has 0 amide bonds. The predicted octanol–water partition coefficient (Wildman–Crippen LogP) is 6.34. The fourth-order valence-corrected chi connectivity index (χ4v) is 3.11. The molecular formula is C23H19Cl2NO4. The first kappa shape index (κ1) is 21.7. The van der Waals surface area contributed by atoms with Gasteiger partial charge in [-0.05, 0) is 60.0 Å². The molecule has 0 heterocycles. The first-order chi connectivity index (χ1) is 14.4. The van der Waals surface area contributed by atoms with Crippen LogP contribution in [0.25, 0.3) is 0 Å². The number of carboxylic acid groups (broad SMARTS) is 1. The number of carboxylic acids is 1.